The number of carbonyl (C=O) groups is 2. The number of hydrogen-bond donors (Lipinski definition) is 0. The fourth-order valence-electron chi connectivity index (χ4n) is 2.33. The molecule has 1 rings (SSSR count). The Morgan fingerprint density at radius 3 is 2.07 bits per heavy atom. The number of nitrogens with zero attached hydrogens (tertiary/aromatic N) is 1. The van der Waals surface area contributed by atoms with Crippen LogP contribution in [-0.2, 0) is 14.3 Å². The number of carbonyl (C=O) groups excluding carboxylic acids is 2. The molecule has 0 N–H and O–H groups in total. The minimum Gasteiger partial charge on any atom is -0.544 e. The molecule has 0 saturated heterocycles. The van der Waals surface area contributed by atoms with Crippen LogP contribution in [0.3, 0.4) is 0 Å². The number of rotatable bonds is 8. The van der Waals surface area contributed by atoms with E-state index in [0.29, 0.717) is 6.61 Å². The summed E-state index contributed by atoms with van der Waals surface area (Å²) in [5.41, 5.74) is 0.887. The summed E-state index contributed by atoms with van der Waals surface area (Å²) in [6, 6.07) is 7.33. The van der Waals surface area contributed by atoms with Gasteiger partial charge in [0, 0.05) is 0 Å². The Labute approximate surface area is 176 Å². The normalized spacial score (nSPS) is 13.0. The zero-order valence-electron chi connectivity index (χ0n) is 19.4. The SMILES string of the molecule is COC(=O)CN(C(=O)OCC(C)C)C(C)c1ccc(O[Si](C)(C)C(C)(C)C)cc1. The lowest BCUT2D eigenvalue weighted by molar-refractivity contribution is -0.142. The number of ether oxygens (including phenoxy) is 2. The minimum absolute atomic E-state index is 0.108. The summed E-state index contributed by atoms with van der Waals surface area (Å²) < 4.78 is 16.4. The maximum atomic E-state index is 12.6. The Hall–Kier alpha value is -2.02. The molecule has 6 nitrogen and oxygen atoms in total. The summed E-state index contributed by atoms with van der Waals surface area (Å²) in [4.78, 5) is 25.8. The number of hydrogen-bond acceptors (Lipinski definition) is 5. The predicted octanol–water partition coefficient (Wildman–Crippen LogP) is 5.40. The lowest BCUT2D eigenvalue weighted by atomic mass is 10.1. The molecule has 0 aliphatic rings. The highest BCUT2D eigenvalue weighted by molar-refractivity contribution is 6.74. The van der Waals surface area contributed by atoms with Crippen LogP contribution in [0.25, 0.3) is 0 Å². The van der Waals surface area contributed by atoms with Crippen molar-refractivity contribution in [3.05, 3.63) is 29.8 Å². The molecular formula is C22H37NO5Si. The van der Waals surface area contributed by atoms with Gasteiger partial charge in [0.15, 0.2) is 0 Å². The van der Waals surface area contributed by atoms with E-state index in [0.717, 1.165) is 11.3 Å². The number of methoxy groups -OCH3 is 1. The van der Waals surface area contributed by atoms with Crippen molar-refractivity contribution in [2.75, 3.05) is 20.3 Å². The maximum Gasteiger partial charge on any atom is 0.410 e. The molecule has 0 aliphatic carbocycles. The molecular weight excluding hydrogens is 386 g/mol. The number of benzene rings is 1. The molecule has 0 bridgehead atoms. The van der Waals surface area contributed by atoms with Crippen molar-refractivity contribution < 1.29 is 23.5 Å². The van der Waals surface area contributed by atoms with Gasteiger partial charge in [-0.05, 0) is 48.7 Å². The molecule has 0 spiro atoms. The van der Waals surface area contributed by atoms with Gasteiger partial charge in [-0.3, -0.25) is 9.69 Å². The third-order valence-corrected chi connectivity index (χ3v) is 9.67. The summed E-state index contributed by atoms with van der Waals surface area (Å²) in [5, 5.41) is 0.108. The summed E-state index contributed by atoms with van der Waals surface area (Å²) in [6.07, 6.45) is -0.529. The maximum absolute atomic E-state index is 12.6. The first-order valence-electron chi connectivity index (χ1n) is 10.1. The zero-order chi connectivity index (χ0) is 22.4. The molecule has 1 unspecified atom stereocenters. The van der Waals surface area contributed by atoms with Crippen LogP contribution < -0.4 is 4.43 Å². The molecule has 1 amide bonds. The first kappa shape index (κ1) is 25.0. The highest BCUT2D eigenvalue weighted by Gasteiger charge is 2.39. The predicted molar refractivity (Wildman–Crippen MR) is 118 cm³/mol. The molecule has 0 heterocycles. The largest absolute Gasteiger partial charge is 0.544 e. The van der Waals surface area contributed by atoms with E-state index >= 15 is 0 Å². The van der Waals surface area contributed by atoms with Crippen LogP contribution in [0.15, 0.2) is 24.3 Å². The second-order valence-electron chi connectivity index (χ2n) is 9.28. The number of esters is 1. The third kappa shape index (κ3) is 7.38. The lowest BCUT2D eigenvalue weighted by Gasteiger charge is -2.36. The van der Waals surface area contributed by atoms with Gasteiger partial charge in [0.1, 0.15) is 12.3 Å². The molecule has 1 aromatic carbocycles. The van der Waals surface area contributed by atoms with Crippen LogP contribution in [0.4, 0.5) is 4.79 Å². The van der Waals surface area contributed by atoms with Crippen LogP contribution >= 0.6 is 0 Å². The van der Waals surface area contributed by atoms with Crippen LogP contribution in [0.2, 0.25) is 18.1 Å². The van der Waals surface area contributed by atoms with Crippen LogP contribution in [0.5, 0.6) is 5.75 Å². The number of amides is 1. The van der Waals surface area contributed by atoms with E-state index in [1.807, 2.05) is 45.0 Å². The molecule has 0 fully saturated rings. The van der Waals surface area contributed by atoms with Crippen molar-refractivity contribution in [1.82, 2.24) is 4.90 Å². The van der Waals surface area contributed by atoms with E-state index < -0.39 is 20.4 Å². The van der Waals surface area contributed by atoms with Crippen molar-refractivity contribution in [2.45, 2.75) is 65.7 Å². The van der Waals surface area contributed by atoms with Crippen molar-refractivity contribution in [2.24, 2.45) is 5.92 Å². The molecule has 7 heteroatoms. The van der Waals surface area contributed by atoms with E-state index in [-0.39, 0.29) is 23.5 Å². The zero-order valence-corrected chi connectivity index (χ0v) is 20.4. The second kappa shape index (κ2) is 10.1. The van der Waals surface area contributed by atoms with Crippen LogP contribution in [0.1, 0.15) is 53.1 Å². The van der Waals surface area contributed by atoms with Gasteiger partial charge in [0.05, 0.1) is 19.8 Å². The van der Waals surface area contributed by atoms with Crippen LogP contribution in [0, 0.1) is 5.92 Å². The highest BCUT2D eigenvalue weighted by atomic mass is 28.4. The molecule has 1 aromatic rings. The van der Waals surface area contributed by atoms with Gasteiger partial charge in [-0.25, -0.2) is 4.79 Å². The van der Waals surface area contributed by atoms with Gasteiger partial charge in [-0.1, -0.05) is 46.8 Å². The Kier molecular flexibility index (Phi) is 8.75. The van der Waals surface area contributed by atoms with Crippen molar-refractivity contribution in [3.63, 3.8) is 0 Å². The monoisotopic (exact) mass is 423 g/mol. The van der Waals surface area contributed by atoms with Gasteiger partial charge in [-0.15, -0.1) is 0 Å². The molecule has 0 saturated carbocycles. The summed E-state index contributed by atoms with van der Waals surface area (Å²) >= 11 is 0. The summed E-state index contributed by atoms with van der Waals surface area (Å²) in [6.45, 7) is 16.9. The Morgan fingerprint density at radius 1 is 1.07 bits per heavy atom. The molecule has 29 heavy (non-hydrogen) atoms. The van der Waals surface area contributed by atoms with Crippen molar-refractivity contribution in [3.8, 4) is 5.75 Å². The lowest BCUT2D eigenvalue weighted by Crippen LogP contribution is -2.43. The standard InChI is InChI=1S/C22H37NO5Si/c1-16(2)15-27-21(25)23(14-20(24)26-7)17(3)18-10-12-19(13-11-18)28-29(8,9)22(4,5)6/h10-13,16-17H,14-15H2,1-9H3. The van der Waals surface area contributed by atoms with E-state index in [9.17, 15) is 9.59 Å². The average Bonchev–Trinajstić information content (AvgIpc) is 2.62. The average molecular weight is 424 g/mol. The van der Waals surface area contributed by atoms with Gasteiger partial charge < -0.3 is 13.9 Å². The van der Waals surface area contributed by atoms with Gasteiger partial charge in [0.2, 0.25) is 8.32 Å². The van der Waals surface area contributed by atoms with Gasteiger partial charge >= 0.3 is 12.1 Å². The van der Waals surface area contributed by atoms with Gasteiger partial charge in [-0.2, -0.15) is 0 Å². The molecule has 164 valence electrons. The topological polar surface area (TPSA) is 65.1 Å². The van der Waals surface area contributed by atoms with Crippen molar-refractivity contribution in [1.29, 1.82) is 0 Å². The van der Waals surface area contributed by atoms with E-state index in [1.54, 1.807) is 0 Å². The van der Waals surface area contributed by atoms with E-state index in [2.05, 4.69) is 33.9 Å². The van der Waals surface area contributed by atoms with Crippen LogP contribution in [-0.4, -0.2) is 45.5 Å². The third-order valence-electron chi connectivity index (χ3n) is 5.31. The molecule has 0 aliphatic heterocycles. The Balaban J connectivity index is 2.99. The summed E-state index contributed by atoms with van der Waals surface area (Å²) in [7, 11) is -0.621. The minimum atomic E-state index is -1.92. The quantitative estimate of drug-likeness (QED) is 0.414. The fraction of sp³-hybridized carbons (Fsp3) is 0.636. The van der Waals surface area contributed by atoms with E-state index in [4.69, 9.17) is 13.9 Å². The molecule has 0 aromatic heterocycles. The fourth-order valence-corrected chi connectivity index (χ4v) is 3.36. The first-order valence-corrected chi connectivity index (χ1v) is 13.0. The first-order chi connectivity index (χ1) is 13.3. The Morgan fingerprint density at radius 2 is 1.62 bits per heavy atom. The molecule has 1 atom stereocenters. The Bertz CT molecular complexity index is 679. The highest BCUT2D eigenvalue weighted by Crippen LogP contribution is 2.37. The van der Waals surface area contributed by atoms with Gasteiger partial charge in [0.25, 0.3) is 0 Å². The van der Waals surface area contributed by atoms with E-state index in [1.165, 1.54) is 12.0 Å². The van der Waals surface area contributed by atoms with Crippen molar-refractivity contribution >= 4 is 20.4 Å². The molecule has 0 radical (unpaired) electrons. The summed E-state index contributed by atoms with van der Waals surface area (Å²) in [5.74, 6) is 0.534. The second-order valence-corrected chi connectivity index (χ2v) is 14.0. The smallest absolute Gasteiger partial charge is 0.410 e.